The molecule has 20 heavy (non-hydrogen) atoms. The molecule has 1 saturated carbocycles. The van der Waals surface area contributed by atoms with E-state index in [1.165, 1.54) is 43.2 Å². The van der Waals surface area contributed by atoms with Crippen molar-refractivity contribution < 1.29 is 4.74 Å². The molecule has 0 N–H and O–H groups in total. The van der Waals surface area contributed by atoms with Gasteiger partial charge < -0.3 is 4.74 Å². The molecule has 0 radical (unpaired) electrons. The van der Waals surface area contributed by atoms with E-state index in [1.807, 2.05) is 0 Å². The van der Waals surface area contributed by atoms with Crippen molar-refractivity contribution in [2.45, 2.75) is 58.3 Å². The largest absolute Gasteiger partial charge is 0.496 e. The van der Waals surface area contributed by atoms with Crippen LogP contribution < -0.4 is 4.74 Å². The van der Waals surface area contributed by atoms with Crippen LogP contribution in [0.4, 0.5) is 0 Å². The predicted octanol–water partition coefficient (Wildman–Crippen LogP) is 5.50. The van der Waals surface area contributed by atoms with Crippen molar-refractivity contribution in [3.8, 4) is 5.75 Å². The van der Waals surface area contributed by atoms with Gasteiger partial charge in [-0.25, -0.2) is 0 Å². The van der Waals surface area contributed by atoms with Crippen LogP contribution in [0.25, 0.3) is 0 Å². The number of ether oxygens (including phenoxy) is 1. The molecular weight excluding hydrogens is 244 g/mol. The van der Waals surface area contributed by atoms with Gasteiger partial charge in [0.2, 0.25) is 0 Å². The lowest BCUT2D eigenvalue weighted by Gasteiger charge is -2.27. The highest BCUT2D eigenvalue weighted by Crippen LogP contribution is 2.37. The summed E-state index contributed by atoms with van der Waals surface area (Å²) in [6.07, 6.45) is 12.2. The third kappa shape index (κ3) is 3.65. The van der Waals surface area contributed by atoms with Crippen molar-refractivity contribution in [2.24, 2.45) is 5.92 Å². The second-order valence-corrected chi connectivity index (χ2v) is 5.96. The first-order valence-corrected chi connectivity index (χ1v) is 8.08. The molecule has 1 aliphatic carbocycles. The maximum atomic E-state index is 5.48. The Bertz CT molecular complexity index is 439. The van der Waals surface area contributed by atoms with Crippen LogP contribution in [0.3, 0.4) is 0 Å². The van der Waals surface area contributed by atoms with E-state index in [1.54, 1.807) is 7.11 Å². The van der Waals surface area contributed by atoms with Gasteiger partial charge in [0, 0.05) is 0 Å². The van der Waals surface area contributed by atoms with Gasteiger partial charge in [0.25, 0.3) is 0 Å². The summed E-state index contributed by atoms with van der Waals surface area (Å²) in [6, 6.07) is 6.83. The predicted molar refractivity (Wildman–Crippen MR) is 86.5 cm³/mol. The normalized spacial score (nSPS) is 23.1. The molecule has 1 fully saturated rings. The maximum Gasteiger partial charge on any atom is 0.122 e. The average Bonchev–Trinajstić information content (AvgIpc) is 2.49. The summed E-state index contributed by atoms with van der Waals surface area (Å²) >= 11 is 0. The number of allylic oxidation sites excluding steroid dienone is 2. The van der Waals surface area contributed by atoms with Crippen LogP contribution >= 0.6 is 0 Å². The first kappa shape index (κ1) is 15.2. The molecule has 0 aromatic heterocycles. The summed E-state index contributed by atoms with van der Waals surface area (Å²) in [5.74, 6) is 2.61. The van der Waals surface area contributed by atoms with Crippen LogP contribution in [0.1, 0.15) is 63.0 Å². The third-order valence-corrected chi connectivity index (χ3v) is 4.53. The van der Waals surface area contributed by atoms with Gasteiger partial charge in [-0.15, -0.1) is 0 Å². The molecule has 1 nitrogen and oxygen atoms in total. The van der Waals surface area contributed by atoms with E-state index < -0.39 is 0 Å². The third-order valence-electron chi connectivity index (χ3n) is 4.53. The van der Waals surface area contributed by atoms with Crippen LogP contribution in [0.2, 0.25) is 0 Å². The minimum atomic E-state index is 0.748. The fourth-order valence-electron chi connectivity index (χ4n) is 3.43. The second kappa shape index (κ2) is 7.52. The van der Waals surface area contributed by atoms with Crippen LogP contribution in [0, 0.1) is 5.92 Å². The molecular formula is C19H28O. The highest BCUT2D eigenvalue weighted by atomic mass is 16.5. The number of hydrogen-bond donors (Lipinski definition) is 0. The quantitative estimate of drug-likeness (QED) is 0.643. The zero-order valence-corrected chi connectivity index (χ0v) is 13.2. The van der Waals surface area contributed by atoms with Gasteiger partial charge in [-0.2, -0.15) is 0 Å². The number of aryl methyl sites for hydroxylation is 1. The second-order valence-electron chi connectivity index (χ2n) is 5.96. The standard InChI is InChI=1S/C19H28O/c1-4-6-15-8-10-16(11-9-15)17-12-13-19(20-3)18(14-17)7-5-2/h4,6,12-16H,5,7-11H2,1-3H3. The van der Waals surface area contributed by atoms with E-state index >= 15 is 0 Å². The van der Waals surface area contributed by atoms with Crippen LogP contribution in [-0.2, 0) is 6.42 Å². The van der Waals surface area contributed by atoms with Crippen molar-refractivity contribution in [3.05, 3.63) is 41.5 Å². The monoisotopic (exact) mass is 272 g/mol. The molecule has 1 aromatic carbocycles. The molecule has 110 valence electrons. The Hall–Kier alpha value is -1.24. The number of benzene rings is 1. The van der Waals surface area contributed by atoms with Gasteiger partial charge in [-0.3, -0.25) is 0 Å². The topological polar surface area (TPSA) is 9.23 Å². The SMILES string of the molecule is CC=CC1CCC(c2ccc(OC)c(CCC)c2)CC1. The number of rotatable bonds is 5. The van der Waals surface area contributed by atoms with E-state index in [9.17, 15) is 0 Å². The van der Waals surface area contributed by atoms with Crippen molar-refractivity contribution in [1.82, 2.24) is 0 Å². The van der Waals surface area contributed by atoms with Crippen LogP contribution in [0.5, 0.6) is 5.75 Å². The minimum absolute atomic E-state index is 0.748. The summed E-state index contributed by atoms with van der Waals surface area (Å²) < 4.78 is 5.48. The van der Waals surface area contributed by atoms with Gasteiger partial charge >= 0.3 is 0 Å². The van der Waals surface area contributed by atoms with E-state index in [4.69, 9.17) is 4.74 Å². The molecule has 0 heterocycles. The summed E-state index contributed by atoms with van der Waals surface area (Å²) in [5, 5.41) is 0. The minimum Gasteiger partial charge on any atom is -0.496 e. The first-order chi connectivity index (χ1) is 9.78. The number of methoxy groups -OCH3 is 1. The first-order valence-electron chi connectivity index (χ1n) is 8.08. The zero-order valence-electron chi connectivity index (χ0n) is 13.2. The Morgan fingerprint density at radius 3 is 2.55 bits per heavy atom. The number of hydrogen-bond acceptors (Lipinski definition) is 1. The van der Waals surface area contributed by atoms with E-state index in [0.29, 0.717) is 0 Å². The molecule has 0 saturated heterocycles. The summed E-state index contributed by atoms with van der Waals surface area (Å²) in [4.78, 5) is 0. The highest BCUT2D eigenvalue weighted by molar-refractivity contribution is 5.39. The van der Waals surface area contributed by atoms with E-state index in [2.05, 4.69) is 44.2 Å². The van der Waals surface area contributed by atoms with Crippen molar-refractivity contribution >= 4 is 0 Å². The Balaban J connectivity index is 2.08. The van der Waals surface area contributed by atoms with Gasteiger partial charge in [0.15, 0.2) is 0 Å². The Kier molecular flexibility index (Phi) is 5.70. The van der Waals surface area contributed by atoms with Gasteiger partial charge in [0.05, 0.1) is 7.11 Å². The van der Waals surface area contributed by atoms with Crippen LogP contribution in [0.15, 0.2) is 30.4 Å². The molecule has 2 rings (SSSR count). The summed E-state index contributed by atoms with van der Waals surface area (Å²) in [5.41, 5.74) is 2.90. The Labute approximate surface area is 124 Å². The van der Waals surface area contributed by atoms with Crippen LogP contribution in [-0.4, -0.2) is 7.11 Å². The summed E-state index contributed by atoms with van der Waals surface area (Å²) in [7, 11) is 1.77. The molecule has 0 amide bonds. The highest BCUT2D eigenvalue weighted by Gasteiger charge is 2.21. The summed E-state index contributed by atoms with van der Waals surface area (Å²) in [6.45, 7) is 4.36. The fourth-order valence-corrected chi connectivity index (χ4v) is 3.43. The van der Waals surface area contributed by atoms with Crippen molar-refractivity contribution in [3.63, 3.8) is 0 Å². The zero-order chi connectivity index (χ0) is 14.4. The fraction of sp³-hybridized carbons (Fsp3) is 0.579. The Morgan fingerprint density at radius 2 is 1.95 bits per heavy atom. The molecule has 1 aliphatic rings. The lowest BCUT2D eigenvalue weighted by Crippen LogP contribution is -2.12. The average molecular weight is 272 g/mol. The van der Waals surface area contributed by atoms with Gasteiger partial charge in [-0.1, -0.05) is 37.6 Å². The van der Waals surface area contributed by atoms with Gasteiger partial charge in [0.1, 0.15) is 5.75 Å². The molecule has 0 atom stereocenters. The van der Waals surface area contributed by atoms with Gasteiger partial charge in [-0.05, 0) is 68.1 Å². The lowest BCUT2D eigenvalue weighted by atomic mass is 9.78. The smallest absolute Gasteiger partial charge is 0.122 e. The maximum absolute atomic E-state index is 5.48. The van der Waals surface area contributed by atoms with Crippen molar-refractivity contribution in [1.29, 1.82) is 0 Å². The van der Waals surface area contributed by atoms with E-state index in [0.717, 1.165) is 24.0 Å². The van der Waals surface area contributed by atoms with E-state index in [-0.39, 0.29) is 0 Å². The molecule has 0 aliphatic heterocycles. The molecule has 0 spiro atoms. The lowest BCUT2D eigenvalue weighted by molar-refractivity contribution is 0.374. The molecule has 0 bridgehead atoms. The molecule has 1 heteroatoms. The molecule has 0 unspecified atom stereocenters. The molecule has 1 aromatic rings. The van der Waals surface area contributed by atoms with Crippen molar-refractivity contribution in [2.75, 3.05) is 7.11 Å². The Morgan fingerprint density at radius 1 is 1.20 bits per heavy atom.